The molecular formula is C19H16N6O. The fourth-order valence-corrected chi connectivity index (χ4v) is 2.77. The predicted molar refractivity (Wildman–Crippen MR) is 97.1 cm³/mol. The van der Waals surface area contributed by atoms with E-state index >= 15 is 0 Å². The van der Waals surface area contributed by atoms with E-state index in [4.69, 9.17) is 0 Å². The lowest BCUT2D eigenvalue weighted by atomic mass is 10.1. The number of hydrogen-bond donors (Lipinski definition) is 1. The highest BCUT2D eigenvalue weighted by molar-refractivity contribution is 5.97. The Kier molecular flexibility index (Phi) is 4.10. The second kappa shape index (κ2) is 6.72. The van der Waals surface area contributed by atoms with E-state index in [0.29, 0.717) is 17.6 Å². The van der Waals surface area contributed by atoms with E-state index in [1.165, 1.54) is 0 Å². The summed E-state index contributed by atoms with van der Waals surface area (Å²) in [6.07, 6.45) is 8.51. The van der Waals surface area contributed by atoms with Crippen molar-refractivity contribution in [2.45, 2.75) is 6.54 Å². The molecule has 0 aliphatic rings. The quantitative estimate of drug-likeness (QED) is 0.614. The number of carbonyl (C=O) groups is 1. The maximum atomic E-state index is 12.4. The van der Waals surface area contributed by atoms with Crippen LogP contribution in [0, 0.1) is 0 Å². The first-order chi connectivity index (χ1) is 12.7. The summed E-state index contributed by atoms with van der Waals surface area (Å²) >= 11 is 0. The lowest BCUT2D eigenvalue weighted by Crippen LogP contribution is -2.22. The Balaban J connectivity index is 1.49. The van der Waals surface area contributed by atoms with E-state index in [0.717, 1.165) is 22.3 Å². The van der Waals surface area contributed by atoms with Gasteiger partial charge in [0, 0.05) is 55.7 Å². The van der Waals surface area contributed by atoms with Crippen LogP contribution in [0.3, 0.4) is 0 Å². The van der Waals surface area contributed by atoms with Crippen molar-refractivity contribution < 1.29 is 4.79 Å². The van der Waals surface area contributed by atoms with E-state index < -0.39 is 0 Å². The van der Waals surface area contributed by atoms with E-state index in [9.17, 15) is 4.79 Å². The molecule has 0 aliphatic carbocycles. The molecule has 0 spiro atoms. The van der Waals surface area contributed by atoms with Crippen molar-refractivity contribution >= 4 is 16.9 Å². The molecule has 0 aliphatic heterocycles. The second-order valence-corrected chi connectivity index (χ2v) is 5.86. The van der Waals surface area contributed by atoms with Crippen molar-refractivity contribution in [1.82, 2.24) is 30.0 Å². The van der Waals surface area contributed by atoms with Crippen molar-refractivity contribution in [3.8, 4) is 11.3 Å². The highest BCUT2D eigenvalue weighted by Crippen LogP contribution is 2.18. The lowest BCUT2D eigenvalue weighted by molar-refractivity contribution is 0.0951. The minimum absolute atomic E-state index is 0.163. The Morgan fingerprint density at radius 2 is 1.88 bits per heavy atom. The van der Waals surface area contributed by atoms with Gasteiger partial charge < -0.3 is 5.32 Å². The van der Waals surface area contributed by atoms with Crippen LogP contribution < -0.4 is 5.32 Å². The summed E-state index contributed by atoms with van der Waals surface area (Å²) in [6.45, 7) is 0.385. The summed E-state index contributed by atoms with van der Waals surface area (Å²) < 4.78 is 1.79. The monoisotopic (exact) mass is 344 g/mol. The Hall–Kier alpha value is -3.61. The van der Waals surface area contributed by atoms with Gasteiger partial charge in [0.05, 0.1) is 16.7 Å². The van der Waals surface area contributed by atoms with Crippen LogP contribution in [0.1, 0.15) is 15.9 Å². The number of carbonyl (C=O) groups excluding carboxylic acids is 1. The smallest absolute Gasteiger partial charge is 0.251 e. The fourth-order valence-electron chi connectivity index (χ4n) is 2.77. The number of nitrogens with zero attached hydrogens (tertiary/aromatic N) is 5. The van der Waals surface area contributed by atoms with Crippen LogP contribution in [0.2, 0.25) is 0 Å². The standard InChI is InChI=1S/C19H16N6O/c1-25-18(4-5-24-25)15-8-13(10-20-12-15)11-23-19(26)14-2-3-16-17(9-14)22-7-6-21-16/h2-10,12H,11H2,1H3,(H,23,26). The van der Waals surface area contributed by atoms with Crippen LogP contribution in [0.25, 0.3) is 22.3 Å². The summed E-state index contributed by atoms with van der Waals surface area (Å²) in [6, 6.07) is 9.20. The molecule has 0 saturated carbocycles. The average Bonchev–Trinajstić information content (AvgIpc) is 3.12. The van der Waals surface area contributed by atoms with Gasteiger partial charge in [0.15, 0.2) is 0 Å². The fraction of sp³-hybridized carbons (Fsp3) is 0.105. The topological polar surface area (TPSA) is 85.6 Å². The van der Waals surface area contributed by atoms with Gasteiger partial charge in [-0.25, -0.2) is 0 Å². The SMILES string of the molecule is Cn1nccc1-c1cncc(CNC(=O)c2ccc3nccnc3c2)c1. The number of benzene rings is 1. The van der Waals surface area contributed by atoms with E-state index in [1.54, 1.807) is 53.9 Å². The summed E-state index contributed by atoms with van der Waals surface area (Å²) in [4.78, 5) is 25.1. The number of nitrogens with one attached hydrogen (secondary N) is 1. The number of rotatable bonds is 4. The molecule has 1 amide bonds. The second-order valence-electron chi connectivity index (χ2n) is 5.86. The minimum atomic E-state index is -0.163. The number of hydrogen-bond acceptors (Lipinski definition) is 5. The van der Waals surface area contributed by atoms with Crippen LogP contribution in [0.15, 0.2) is 61.3 Å². The molecule has 4 rings (SSSR count). The molecule has 4 aromatic rings. The highest BCUT2D eigenvalue weighted by atomic mass is 16.1. The molecular weight excluding hydrogens is 328 g/mol. The molecule has 1 aromatic carbocycles. The summed E-state index contributed by atoms with van der Waals surface area (Å²) in [7, 11) is 1.88. The normalized spacial score (nSPS) is 10.8. The van der Waals surface area contributed by atoms with Gasteiger partial charge in [-0.1, -0.05) is 0 Å². The largest absolute Gasteiger partial charge is 0.348 e. The molecule has 0 fully saturated rings. The zero-order valence-corrected chi connectivity index (χ0v) is 14.1. The number of aromatic nitrogens is 5. The van der Waals surface area contributed by atoms with Crippen molar-refractivity contribution in [2.24, 2.45) is 7.05 Å². The summed E-state index contributed by atoms with van der Waals surface area (Å²) in [5.41, 5.74) is 4.85. The minimum Gasteiger partial charge on any atom is -0.348 e. The summed E-state index contributed by atoms with van der Waals surface area (Å²) in [5, 5.41) is 7.09. The first-order valence-corrected chi connectivity index (χ1v) is 8.12. The van der Waals surface area contributed by atoms with Crippen LogP contribution >= 0.6 is 0 Å². The van der Waals surface area contributed by atoms with Crippen molar-refractivity contribution in [1.29, 1.82) is 0 Å². The molecule has 7 nitrogen and oxygen atoms in total. The van der Waals surface area contributed by atoms with Gasteiger partial charge in [0.1, 0.15) is 0 Å². The first kappa shape index (κ1) is 15.9. The van der Waals surface area contributed by atoms with Crippen LogP contribution in [0.4, 0.5) is 0 Å². The Bertz CT molecular complexity index is 1090. The van der Waals surface area contributed by atoms with Gasteiger partial charge in [-0.15, -0.1) is 0 Å². The third-order valence-electron chi connectivity index (χ3n) is 4.10. The Morgan fingerprint density at radius 1 is 1.04 bits per heavy atom. The molecule has 7 heteroatoms. The lowest BCUT2D eigenvalue weighted by Gasteiger charge is -2.08. The molecule has 0 radical (unpaired) electrons. The van der Waals surface area contributed by atoms with Gasteiger partial charge in [-0.2, -0.15) is 5.10 Å². The molecule has 0 saturated heterocycles. The third-order valence-corrected chi connectivity index (χ3v) is 4.10. The molecule has 3 heterocycles. The van der Waals surface area contributed by atoms with Gasteiger partial charge >= 0.3 is 0 Å². The molecule has 0 unspecified atom stereocenters. The van der Waals surface area contributed by atoms with Crippen molar-refractivity contribution in [3.63, 3.8) is 0 Å². The van der Waals surface area contributed by atoms with Crippen molar-refractivity contribution in [3.05, 3.63) is 72.4 Å². The average molecular weight is 344 g/mol. The van der Waals surface area contributed by atoms with Gasteiger partial charge in [-0.05, 0) is 35.9 Å². The molecule has 128 valence electrons. The maximum absolute atomic E-state index is 12.4. The Morgan fingerprint density at radius 3 is 2.69 bits per heavy atom. The van der Waals surface area contributed by atoms with Gasteiger partial charge in [0.2, 0.25) is 0 Å². The molecule has 3 aromatic heterocycles. The summed E-state index contributed by atoms with van der Waals surface area (Å²) in [5.74, 6) is -0.163. The first-order valence-electron chi connectivity index (χ1n) is 8.12. The number of pyridine rings is 1. The predicted octanol–water partition coefficient (Wildman–Crippen LogP) is 2.36. The molecule has 1 N–H and O–H groups in total. The van der Waals surface area contributed by atoms with Gasteiger partial charge in [0.25, 0.3) is 5.91 Å². The van der Waals surface area contributed by atoms with Crippen LogP contribution in [-0.2, 0) is 13.6 Å². The Labute approximate surface area is 149 Å². The number of aryl methyl sites for hydroxylation is 1. The zero-order chi connectivity index (χ0) is 17.9. The number of fused-ring (bicyclic) bond motifs is 1. The van der Waals surface area contributed by atoms with Gasteiger partial charge in [-0.3, -0.25) is 24.4 Å². The van der Waals surface area contributed by atoms with Crippen LogP contribution in [-0.4, -0.2) is 30.6 Å². The molecule has 0 bridgehead atoms. The van der Waals surface area contributed by atoms with E-state index in [2.05, 4.69) is 25.4 Å². The molecule has 26 heavy (non-hydrogen) atoms. The van der Waals surface area contributed by atoms with Crippen LogP contribution in [0.5, 0.6) is 0 Å². The third kappa shape index (κ3) is 3.14. The number of amides is 1. The highest BCUT2D eigenvalue weighted by Gasteiger charge is 2.09. The van der Waals surface area contributed by atoms with Crippen molar-refractivity contribution in [2.75, 3.05) is 0 Å². The zero-order valence-electron chi connectivity index (χ0n) is 14.1. The van der Waals surface area contributed by atoms with E-state index in [-0.39, 0.29) is 5.91 Å². The maximum Gasteiger partial charge on any atom is 0.251 e. The molecule has 0 atom stereocenters. The van der Waals surface area contributed by atoms with E-state index in [1.807, 2.05) is 19.2 Å².